The summed E-state index contributed by atoms with van der Waals surface area (Å²) in [4.78, 5) is 60.0. The molecule has 4 amide bonds. The molecule has 20 rings (SSSR count). The predicted octanol–water partition coefficient (Wildman–Crippen LogP) is 21.0. The van der Waals surface area contributed by atoms with Crippen LogP contribution >= 0.6 is 0 Å². The molecule has 17 fully saturated rings. The first-order valence-corrected chi connectivity index (χ1v) is 54.8. The van der Waals surface area contributed by atoms with E-state index in [4.69, 9.17) is 33.2 Å². The van der Waals surface area contributed by atoms with Gasteiger partial charge in [0.05, 0.1) is 92.5 Å². The summed E-state index contributed by atoms with van der Waals surface area (Å²) in [5.74, 6) is 10.2. The highest BCUT2D eigenvalue weighted by molar-refractivity contribution is 7.90. The molecule has 10 unspecified atom stereocenters. The van der Waals surface area contributed by atoms with E-state index in [0.29, 0.717) is 110 Å². The first-order chi connectivity index (χ1) is 60.8. The average molecular weight is 1820 g/mol. The van der Waals surface area contributed by atoms with Gasteiger partial charge in [-0.2, -0.15) is 8.61 Å². The van der Waals surface area contributed by atoms with E-state index in [0.717, 1.165) is 197 Å². The fourth-order valence-electron chi connectivity index (χ4n) is 24.5. The Kier molecular flexibility index (Phi) is 33.2. The molecule has 0 spiro atoms. The van der Waals surface area contributed by atoms with Gasteiger partial charge >= 0.3 is 24.4 Å². The molecule has 0 N–H and O–H groups in total. The van der Waals surface area contributed by atoms with Crippen molar-refractivity contribution in [3.8, 4) is 0 Å². The molecule has 128 heavy (non-hydrogen) atoms. The van der Waals surface area contributed by atoms with Gasteiger partial charge in [-0.05, 0) is 315 Å². The van der Waals surface area contributed by atoms with Gasteiger partial charge in [0.25, 0.3) is 0 Å². The number of piperidine rings is 8. The van der Waals surface area contributed by atoms with Gasteiger partial charge in [-0.25, -0.2) is 36.0 Å². The first-order valence-electron chi connectivity index (χ1n) is 51.8. The van der Waals surface area contributed by atoms with E-state index in [-0.39, 0.29) is 107 Å². The summed E-state index contributed by atoms with van der Waals surface area (Å²) in [7, 11) is -5.94. The number of carbonyl (C=O) groups excluding carboxylic acids is 4. The van der Waals surface area contributed by atoms with Gasteiger partial charge in [0.15, 0.2) is 0 Å². The standard InChI is InChI=1S/C17H29NO2.C17H25NO.2C15H25NO3.C14H23NO2.C13H23NO2S.C13H21NO2S/c1-12(2)13-10-14-6-4-7-15(11-13)18(14)16(19)20-17(3)8-5-9-17;1-13(2)15-8-16-11-19-12-17(9-15)18(16)10-14-6-4-3-5-7-14;1-10(2)11-6-12-8-18-9-13(7-11)16(12)14(17)19-15(3)4-5-15;1-10(2)11-6-12-8-18-9-13(7-11)16(12)15(17)19-14-4-3-5-14;1-9(2)11-7-12-5-6-13(8-11)15(12)14(16)17-10(3)4;2*1-9(2)10-7-11-3-4-12(8-10)14(11)17(15,16)13-5-6-13/h12-15H,4-11H2,1-3H3;3-7,13,15-17H,8-12H2,1-2H3;10-13H,4-9H2,1-3H3;10-14H,3-9H2,1-2H3;5-6,9-13H,7-8H2,1-4H3;9-13H,3-8H2,1-2H3;3-4,9-13H,5-8H2,1-2H3/t;;;;;2*11-,12-/m.....00/s1. The molecule has 24 heteroatoms. The van der Waals surface area contributed by atoms with Gasteiger partial charge in [-0.15, -0.1) is 0 Å². The average Bonchev–Trinajstić information content (AvgIpc) is 1.58. The van der Waals surface area contributed by atoms with Crippen molar-refractivity contribution in [3.05, 3.63) is 60.2 Å². The lowest BCUT2D eigenvalue weighted by Crippen LogP contribution is -2.60. The number of rotatable bonds is 17. The maximum absolute atomic E-state index is 12.6. The molecule has 1 aromatic carbocycles. The number of nitrogens with zero attached hydrogens (tertiary/aromatic N) is 7. The quantitative estimate of drug-likeness (QED) is 0.104. The SMILES string of the molecule is CC(C)C1CC2CCCC(C1)N2C(=O)OC1(C)CCC1.CC(C)C1CC2COCC(C1)N2C(=O)OC1(C)CC1.CC(C)C1CC2COCC(C1)N2C(=O)OC1CCC1.CC(C)C1CC2COCC(C1)N2Cc1ccccc1.CC(C)C1C[C@@H]2C=C[C@@H](C1)N2S(=O)(=O)C1CC1.CC(C)C1C[C@@H]2CC[C@@H](C1)N2S(=O)(=O)C1CC1.CC(C)OC(=O)N1C2C=CC1CC(C(C)C)C2. The summed E-state index contributed by atoms with van der Waals surface area (Å²) in [5, 5.41) is -0.0933. The minimum Gasteiger partial charge on any atom is -0.447 e. The van der Waals surface area contributed by atoms with Crippen LogP contribution in [0.25, 0.3) is 0 Å². The minimum atomic E-state index is -3.00. The topological polar surface area (TPSA) is 224 Å². The smallest absolute Gasteiger partial charge is 0.411 e. The van der Waals surface area contributed by atoms with Crippen molar-refractivity contribution in [3.63, 3.8) is 0 Å². The zero-order chi connectivity index (χ0) is 91.6. The molecule has 22 nitrogen and oxygen atoms in total. The fraction of sp³-hybridized carbons (Fsp3) is 0.865. The van der Waals surface area contributed by atoms with Crippen LogP contribution in [0.4, 0.5) is 19.2 Å². The van der Waals surface area contributed by atoms with Crippen molar-refractivity contribution >= 4 is 44.4 Å². The van der Waals surface area contributed by atoms with E-state index in [1.165, 1.54) is 63.4 Å². The van der Waals surface area contributed by atoms with Crippen molar-refractivity contribution in [2.45, 2.75) is 449 Å². The van der Waals surface area contributed by atoms with Gasteiger partial charge in [-0.3, -0.25) is 19.6 Å². The number of sulfonamides is 2. The third kappa shape index (κ3) is 24.3. The molecule has 1 aromatic rings. The summed E-state index contributed by atoms with van der Waals surface area (Å²) < 4.78 is 92.8. The number of ether oxygens (including phenoxy) is 7. The largest absolute Gasteiger partial charge is 0.447 e. The van der Waals surface area contributed by atoms with Crippen LogP contribution in [0.15, 0.2) is 54.6 Å². The van der Waals surface area contributed by atoms with Gasteiger partial charge < -0.3 is 38.1 Å². The lowest BCUT2D eigenvalue weighted by molar-refractivity contribution is -0.0969. The van der Waals surface area contributed by atoms with Crippen molar-refractivity contribution in [2.75, 3.05) is 39.6 Å². The van der Waals surface area contributed by atoms with Crippen LogP contribution in [-0.4, -0.2) is 232 Å². The Morgan fingerprint density at radius 1 is 0.352 bits per heavy atom. The molecule has 12 saturated heterocycles. The van der Waals surface area contributed by atoms with Crippen LogP contribution in [0.1, 0.15) is 329 Å². The van der Waals surface area contributed by atoms with Crippen molar-refractivity contribution < 1.29 is 69.2 Å². The molecular formula is C104H171N7O15S2. The van der Waals surface area contributed by atoms with E-state index < -0.39 is 20.0 Å². The second kappa shape index (κ2) is 42.8. The van der Waals surface area contributed by atoms with Crippen molar-refractivity contribution in [1.29, 1.82) is 0 Å². The lowest BCUT2D eigenvalue weighted by atomic mass is 9.74. The monoisotopic (exact) mass is 1820 g/mol. The molecule has 5 saturated carbocycles. The Bertz CT molecular complexity index is 3940. The second-order valence-electron chi connectivity index (χ2n) is 46.3. The summed E-state index contributed by atoms with van der Waals surface area (Å²) >= 11 is 0. The van der Waals surface area contributed by atoms with E-state index in [2.05, 4.69) is 168 Å². The van der Waals surface area contributed by atoms with Crippen LogP contribution in [0, 0.1) is 82.9 Å². The molecule has 14 aliphatic heterocycles. The molecule has 14 bridgehead atoms. The number of amides is 4. The molecule has 19 aliphatic rings. The van der Waals surface area contributed by atoms with Crippen LogP contribution < -0.4 is 0 Å². The van der Waals surface area contributed by atoms with Crippen LogP contribution in [-0.2, 0) is 59.7 Å². The zero-order valence-corrected chi connectivity index (χ0v) is 83.7. The number of hydrogen-bond donors (Lipinski definition) is 0. The van der Waals surface area contributed by atoms with Gasteiger partial charge in [0, 0.05) is 54.9 Å². The molecule has 14 atom stereocenters. The van der Waals surface area contributed by atoms with Gasteiger partial charge in [0.1, 0.15) is 17.3 Å². The Morgan fingerprint density at radius 2 is 0.680 bits per heavy atom. The zero-order valence-electron chi connectivity index (χ0n) is 82.1. The van der Waals surface area contributed by atoms with Gasteiger partial charge in [0.2, 0.25) is 20.0 Å². The Labute approximate surface area is 773 Å². The molecule has 14 heterocycles. The maximum Gasteiger partial charge on any atom is 0.411 e. The molecule has 0 radical (unpaired) electrons. The van der Waals surface area contributed by atoms with Crippen LogP contribution in [0.2, 0.25) is 0 Å². The molecule has 5 aliphatic carbocycles. The summed E-state index contributed by atoms with van der Waals surface area (Å²) in [6.07, 6.45) is 41.9. The van der Waals surface area contributed by atoms with E-state index >= 15 is 0 Å². The highest BCUT2D eigenvalue weighted by atomic mass is 32.2. The normalized spacial score (nSPS) is 35.2. The Balaban J connectivity index is 0.000000121. The first kappa shape index (κ1) is 99.4. The second-order valence-corrected chi connectivity index (χ2v) is 50.6. The molecular weight excluding hydrogens is 1650 g/mol. The van der Waals surface area contributed by atoms with E-state index in [1.807, 2.05) is 44.1 Å². The highest BCUT2D eigenvalue weighted by Gasteiger charge is 2.55. The summed E-state index contributed by atoms with van der Waals surface area (Å²) in [6.45, 7) is 45.6. The van der Waals surface area contributed by atoms with Gasteiger partial charge in [-0.1, -0.05) is 152 Å². The third-order valence-electron chi connectivity index (χ3n) is 34.0. The Hall–Kier alpha value is -4.56. The number of morpholine rings is 3. The van der Waals surface area contributed by atoms with Crippen molar-refractivity contribution in [1.82, 2.24) is 33.1 Å². The maximum atomic E-state index is 12.6. The number of hydrogen-bond acceptors (Lipinski definition) is 16. The summed E-state index contributed by atoms with van der Waals surface area (Å²) in [5.41, 5.74) is 1.09. The van der Waals surface area contributed by atoms with Crippen LogP contribution in [0.5, 0.6) is 0 Å². The molecule has 0 aromatic heterocycles. The Morgan fingerprint density at radius 3 is 1.04 bits per heavy atom. The summed E-state index contributed by atoms with van der Waals surface area (Å²) in [6, 6.07) is 15.3. The van der Waals surface area contributed by atoms with Crippen LogP contribution in [0.3, 0.4) is 0 Å². The van der Waals surface area contributed by atoms with E-state index in [9.17, 15) is 36.0 Å². The lowest BCUT2D eigenvalue weighted by Gasteiger charge is -2.50. The van der Waals surface area contributed by atoms with Crippen molar-refractivity contribution in [2.24, 2.45) is 82.9 Å². The molecule has 724 valence electrons. The number of fused-ring (bicyclic) bond motifs is 14. The highest BCUT2D eigenvalue weighted by Crippen LogP contribution is 2.50. The fourth-order valence-corrected chi connectivity index (χ4v) is 29.0. The van der Waals surface area contributed by atoms with E-state index in [1.54, 1.807) is 0 Å². The minimum absolute atomic E-state index is 0.0240. The predicted molar refractivity (Wildman–Crippen MR) is 505 cm³/mol. The third-order valence-corrected chi connectivity index (χ3v) is 39.0. The number of carbonyl (C=O) groups is 4. The number of benzene rings is 1.